The molecule has 1 aromatic carbocycles. The van der Waals surface area contributed by atoms with Crippen LogP contribution >= 0.6 is 12.4 Å². The number of likely N-dealkylation sites (tertiary alicyclic amines) is 1. The molecule has 1 amide bonds. The summed E-state index contributed by atoms with van der Waals surface area (Å²) in [5.74, 6) is 1.45. The highest BCUT2D eigenvalue weighted by atomic mass is 35.5. The summed E-state index contributed by atoms with van der Waals surface area (Å²) >= 11 is 0. The zero-order valence-electron chi connectivity index (χ0n) is 12.4. The number of para-hydroxylation sites is 2. The lowest BCUT2D eigenvalue weighted by Crippen LogP contribution is -2.46. The third-order valence-corrected chi connectivity index (χ3v) is 4.87. The molecule has 1 aromatic rings. The van der Waals surface area contributed by atoms with Crippen LogP contribution in [0.2, 0.25) is 0 Å². The van der Waals surface area contributed by atoms with E-state index in [1.54, 1.807) is 0 Å². The number of hydrogen-bond acceptors (Lipinski definition) is 4. The molecule has 0 aromatic heterocycles. The minimum absolute atomic E-state index is 0. The van der Waals surface area contributed by atoms with Gasteiger partial charge in [-0.2, -0.15) is 0 Å². The molecule has 3 heterocycles. The van der Waals surface area contributed by atoms with Crippen molar-refractivity contribution in [1.29, 1.82) is 0 Å². The van der Waals surface area contributed by atoms with E-state index >= 15 is 0 Å². The van der Waals surface area contributed by atoms with Gasteiger partial charge in [0, 0.05) is 25.0 Å². The van der Waals surface area contributed by atoms with Crippen LogP contribution in [0.25, 0.3) is 0 Å². The normalized spacial score (nSPS) is 29.5. The molecule has 1 spiro atoms. The molecular formula is C16H21ClN2O3. The van der Waals surface area contributed by atoms with Crippen molar-refractivity contribution in [2.75, 3.05) is 32.8 Å². The number of ether oxygens (including phenoxy) is 2. The van der Waals surface area contributed by atoms with Crippen molar-refractivity contribution in [1.82, 2.24) is 10.2 Å². The maximum absolute atomic E-state index is 12.7. The first-order valence-electron chi connectivity index (χ1n) is 7.64. The number of nitrogens with one attached hydrogen (secondary N) is 1. The van der Waals surface area contributed by atoms with E-state index in [1.807, 2.05) is 29.2 Å². The molecule has 0 saturated carbocycles. The number of hydrogen-bond donors (Lipinski definition) is 1. The second-order valence-electron chi connectivity index (χ2n) is 6.30. The molecule has 2 unspecified atom stereocenters. The smallest absolute Gasteiger partial charge is 0.267 e. The molecule has 5 nitrogen and oxygen atoms in total. The van der Waals surface area contributed by atoms with E-state index in [2.05, 4.69) is 5.32 Å². The van der Waals surface area contributed by atoms with Crippen molar-refractivity contribution >= 4 is 18.3 Å². The van der Waals surface area contributed by atoms with Gasteiger partial charge in [0.1, 0.15) is 6.61 Å². The molecular weight excluding hydrogens is 304 g/mol. The van der Waals surface area contributed by atoms with Crippen molar-refractivity contribution < 1.29 is 14.3 Å². The molecule has 0 bridgehead atoms. The molecule has 4 rings (SSSR count). The first-order chi connectivity index (χ1) is 10.3. The number of carbonyl (C=O) groups excluding carboxylic acids is 1. The van der Waals surface area contributed by atoms with Gasteiger partial charge >= 0.3 is 0 Å². The topological polar surface area (TPSA) is 50.8 Å². The molecule has 0 aliphatic carbocycles. The number of halogens is 1. The number of fused-ring (bicyclic) bond motifs is 1. The molecule has 0 radical (unpaired) electrons. The van der Waals surface area contributed by atoms with Gasteiger partial charge in [-0.15, -0.1) is 12.4 Å². The van der Waals surface area contributed by atoms with Gasteiger partial charge in [-0.05, 0) is 31.5 Å². The summed E-state index contributed by atoms with van der Waals surface area (Å²) in [6.45, 7) is 4.08. The number of carbonyl (C=O) groups is 1. The quantitative estimate of drug-likeness (QED) is 0.850. The van der Waals surface area contributed by atoms with E-state index < -0.39 is 6.10 Å². The lowest BCUT2D eigenvalue weighted by atomic mass is 9.86. The predicted molar refractivity (Wildman–Crippen MR) is 84.7 cm³/mol. The highest BCUT2D eigenvalue weighted by molar-refractivity contribution is 5.85. The van der Waals surface area contributed by atoms with Crippen molar-refractivity contribution in [3.63, 3.8) is 0 Å². The van der Waals surface area contributed by atoms with Crippen molar-refractivity contribution in [3.8, 4) is 11.5 Å². The third-order valence-electron chi connectivity index (χ3n) is 4.87. The molecule has 2 fully saturated rings. The Morgan fingerprint density at radius 1 is 1.27 bits per heavy atom. The average Bonchev–Trinajstić information content (AvgIpc) is 3.17. The highest BCUT2D eigenvalue weighted by Crippen LogP contribution is 2.37. The van der Waals surface area contributed by atoms with E-state index in [9.17, 15) is 4.79 Å². The van der Waals surface area contributed by atoms with Crippen LogP contribution < -0.4 is 14.8 Å². The van der Waals surface area contributed by atoms with Gasteiger partial charge in [-0.1, -0.05) is 12.1 Å². The van der Waals surface area contributed by atoms with Crippen LogP contribution in [0, 0.1) is 5.41 Å². The van der Waals surface area contributed by atoms with Gasteiger partial charge in [0.25, 0.3) is 5.91 Å². The number of rotatable bonds is 1. The molecule has 6 heteroatoms. The summed E-state index contributed by atoms with van der Waals surface area (Å²) in [5, 5.41) is 3.41. The third kappa shape index (κ3) is 2.63. The van der Waals surface area contributed by atoms with Crippen LogP contribution in [0.4, 0.5) is 0 Å². The fourth-order valence-corrected chi connectivity index (χ4v) is 3.61. The van der Waals surface area contributed by atoms with Crippen LogP contribution in [0.15, 0.2) is 24.3 Å². The summed E-state index contributed by atoms with van der Waals surface area (Å²) in [7, 11) is 0. The number of nitrogens with zero attached hydrogens (tertiary/aromatic N) is 1. The number of benzene rings is 1. The van der Waals surface area contributed by atoms with Crippen LogP contribution in [0.3, 0.4) is 0 Å². The second kappa shape index (κ2) is 5.97. The Morgan fingerprint density at radius 2 is 2.09 bits per heavy atom. The van der Waals surface area contributed by atoms with Crippen molar-refractivity contribution in [3.05, 3.63) is 24.3 Å². The Labute approximate surface area is 136 Å². The summed E-state index contributed by atoms with van der Waals surface area (Å²) in [5.41, 5.74) is 0.295. The largest absolute Gasteiger partial charge is 0.485 e. The van der Waals surface area contributed by atoms with Crippen molar-refractivity contribution in [2.45, 2.75) is 18.9 Å². The molecule has 1 N–H and O–H groups in total. The summed E-state index contributed by atoms with van der Waals surface area (Å²) < 4.78 is 11.5. The summed E-state index contributed by atoms with van der Waals surface area (Å²) in [6.07, 6.45) is 1.75. The molecule has 3 aliphatic rings. The number of amides is 1. The van der Waals surface area contributed by atoms with Crippen LogP contribution in [0.5, 0.6) is 11.5 Å². The predicted octanol–water partition coefficient (Wildman–Crippen LogP) is 1.46. The lowest BCUT2D eigenvalue weighted by Gasteiger charge is -2.29. The monoisotopic (exact) mass is 324 g/mol. The fourth-order valence-electron chi connectivity index (χ4n) is 3.61. The van der Waals surface area contributed by atoms with Crippen molar-refractivity contribution in [2.24, 2.45) is 5.41 Å². The lowest BCUT2D eigenvalue weighted by molar-refractivity contribution is -0.140. The molecule has 120 valence electrons. The SMILES string of the molecule is Cl.O=C(C1COc2ccccc2O1)N1CCC2(CCNC2)C1. The maximum atomic E-state index is 12.7. The first kappa shape index (κ1) is 15.4. The van der Waals surface area contributed by atoms with Gasteiger partial charge in [-0.3, -0.25) is 4.79 Å². The van der Waals surface area contributed by atoms with Gasteiger partial charge in [0.15, 0.2) is 11.5 Å². The van der Waals surface area contributed by atoms with Gasteiger partial charge in [-0.25, -0.2) is 0 Å². The fraction of sp³-hybridized carbons (Fsp3) is 0.562. The average molecular weight is 325 g/mol. The van der Waals surface area contributed by atoms with Crippen LogP contribution in [-0.4, -0.2) is 49.7 Å². The van der Waals surface area contributed by atoms with E-state index in [1.165, 1.54) is 6.42 Å². The van der Waals surface area contributed by atoms with E-state index in [0.29, 0.717) is 17.8 Å². The first-order valence-corrected chi connectivity index (χ1v) is 7.64. The van der Waals surface area contributed by atoms with E-state index in [0.717, 1.165) is 38.3 Å². The summed E-state index contributed by atoms with van der Waals surface area (Å²) in [6, 6.07) is 7.51. The minimum atomic E-state index is -0.510. The Hall–Kier alpha value is -1.46. The Kier molecular flexibility index (Phi) is 4.19. The Bertz CT molecular complexity index is 560. The molecule has 3 aliphatic heterocycles. The zero-order valence-corrected chi connectivity index (χ0v) is 13.2. The van der Waals surface area contributed by atoms with Crippen LogP contribution in [0.1, 0.15) is 12.8 Å². The zero-order chi connectivity index (χ0) is 14.3. The molecule has 2 saturated heterocycles. The second-order valence-corrected chi connectivity index (χ2v) is 6.30. The van der Waals surface area contributed by atoms with Gasteiger partial charge in [0.05, 0.1) is 0 Å². The minimum Gasteiger partial charge on any atom is -0.485 e. The maximum Gasteiger partial charge on any atom is 0.267 e. The molecule has 22 heavy (non-hydrogen) atoms. The Morgan fingerprint density at radius 3 is 2.86 bits per heavy atom. The summed E-state index contributed by atoms with van der Waals surface area (Å²) in [4.78, 5) is 14.6. The van der Waals surface area contributed by atoms with E-state index in [-0.39, 0.29) is 18.3 Å². The Balaban J connectivity index is 0.00000144. The standard InChI is InChI=1S/C16H20N2O3.ClH/c19-15(18-8-6-16(11-18)5-7-17-10-16)14-9-20-12-3-1-2-4-13(12)21-14;/h1-4,14,17H,5-11H2;1H. The van der Waals surface area contributed by atoms with Gasteiger partial charge in [0.2, 0.25) is 6.10 Å². The highest BCUT2D eigenvalue weighted by Gasteiger charge is 2.44. The van der Waals surface area contributed by atoms with Gasteiger partial charge < -0.3 is 19.7 Å². The molecule has 2 atom stereocenters. The van der Waals surface area contributed by atoms with E-state index in [4.69, 9.17) is 9.47 Å². The van der Waals surface area contributed by atoms with Crippen LogP contribution in [-0.2, 0) is 4.79 Å².